The molecule has 0 aliphatic carbocycles. The predicted molar refractivity (Wildman–Crippen MR) is 120 cm³/mol. The van der Waals surface area contributed by atoms with Crippen LogP contribution in [-0.4, -0.2) is 27.6 Å². The zero-order chi connectivity index (χ0) is 19.6. The van der Waals surface area contributed by atoms with Gasteiger partial charge >= 0.3 is 0 Å². The lowest BCUT2D eigenvalue weighted by Crippen LogP contribution is -2.30. The highest BCUT2D eigenvalue weighted by atomic mass is 15.2. The summed E-state index contributed by atoms with van der Waals surface area (Å²) in [5, 5.41) is 6.00. The Balaban J connectivity index is 1.58. The second-order valence-electron chi connectivity index (χ2n) is 8.11. The Morgan fingerprint density at radius 3 is 2.66 bits per heavy atom. The number of fused-ring (bicyclic) bond motifs is 2. The largest absolute Gasteiger partial charge is 0.317 e. The van der Waals surface area contributed by atoms with E-state index < -0.39 is 0 Å². The van der Waals surface area contributed by atoms with Crippen molar-refractivity contribution in [2.45, 2.75) is 45.1 Å². The van der Waals surface area contributed by atoms with Crippen molar-refractivity contribution >= 4 is 21.9 Å². The summed E-state index contributed by atoms with van der Waals surface area (Å²) < 4.78 is 2.44. The topological polar surface area (TPSA) is 42.7 Å². The van der Waals surface area contributed by atoms with E-state index in [-0.39, 0.29) is 0 Å². The van der Waals surface area contributed by atoms with Gasteiger partial charge in [0.2, 0.25) is 0 Å². The Hall–Kier alpha value is -2.72. The Kier molecular flexibility index (Phi) is 5.03. The second-order valence-corrected chi connectivity index (χ2v) is 8.11. The lowest BCUT2D eigenvalue weighted by atomic mass is 10.0. The fourth-order valence-corrected chi connectivity index (χ4v) is 4.52. The maximum Gasteiger partial charge on any atom is 0.160 e. The van der Waals surface area contributed by atoms with Gasteiger partial charge in [0.1, 0.15) is 11.3 Å². The van der Waals surface area contributed by atoms with Gasteiger partial charge in [0, 0.05) is 24.2 Å². The third-order valence-electron chi connectivity index (χ3n) is 6.11. The molecule has 1 fully saturated rings. The van der Waals surface area contributed by atoms with Crippen LogP contribution in [0, 0.1) is 0 Å². The van der Waals surface area contributed by atoms with Gasteiger partial charge in [0.15, 0.2) is 5.65 Å². The molecule has 0 saturated carbocycles. The van der Waals surface area contributed by atoms with Crippen LogP contribution in [0.4, 0.5) is 0 Å². The number of aromatic nitrogens is 3. The first-order chi connectivity index (χ1) is 14.3. The van der Waals surface area contributed by atoms with Crippen LogP contribution in [0.5, 0.6) is 0 Å². The summed E-state index contributed by atoms with van der Waals surface area (Å²) in [6.45, 7) is 4.40. The van der Waals surface area contributed by atoms with Crippen LogP contribution in [0.2, 0.25) is 0 Å². The van der Waals surface area contributed by atoms with Gasteiger partial charge in [-0.05, 0) is 60.8 Å². The molecule has 4 nitrogen and oxygen atoms in total. The number of hydrogen-bond donors (Lipinski definition) is 1. The Labute approximate surface area is 172 Å². The van der Waals surface area contributed by atoms with Crippen LogP contribution in [0.25, 0.3) is 33.1 Å². The molecule has 2 aromatic carbocycles. The van der Waals surface area contributed by atoms with E-state index in [4.69, 9.17) is 9.97 Å². The quantitative estimate of drug-likeness (QED) is 0.493. The number of nitrogens with one attached hydrogen (secondary N) is 1. The fourth-order valence-electron chi connectivity index (χ4n) is 4.52. The van der Waals surface area contributed by atoms with Crippen molar-refractivity contribution in [3.05, 3.63) is 60.6 Å². The van der Waals surface area contributed by atoms with Gasteiger partial charge in [-0.15, -0.1) is 0 Å². The summed E-state index contributed by atoms with van der Waals surface area (Å²) in [4.78, 5) is 9.98. The average Bonchev–Trinajstić information content (AvgIpc) is 3.15. The number of piperidine rings is 1. The minimum absolute atomic E-state index is 0.507. The Morgan fingerprint density at radius 1 is 1.00 bits per heavy atom. The lowest BCUT2D eigenvalue weighted by Gasteiger charge is -2.26. The van der Waals surface area contributed by atoms with Gasteiger partial charge in [-0.25, -0.2) is 9.97 Å². The van der Waals surface area contributed by atoms with Crippen LogP contribution in [-0.2, 0) is 6.42 Å². The molecule has 0 amide bonds. The van der Waals surface area contributed by atoms with E-state index in [0.717, 1.165) is 49.1 Å². The number of imidazole rings is 1. The third kappa shape index (κ3) is 3.53. The molecule has 1 aliphatic heterocycles. The summed E-state index contributed by atoms with van der Waals surface area (Å²) in [5.74, 6) is 1.21. The first kappa shape index (κ1) is 18.3. The van der Waals surface area contributed by atoms with E-state index >= 15 is 0 Å². The van der Waals surface area contributed by atoms with E-state index in [9.17, 15) is 0 Å². The van der Waals surface area contributed by atoms with Crippen molar-refractivity contribution in [3.63, 3.8) is 0 Å². The van der Waals surface area contributed by atoms with Crippen LogP contribution < -0.4 is 5.32 Å². The Morgan fingerprint density at radius 2 is 1.83 bits per heavy atom. The van der Waals surface area contributed by atoms with E-state index in [2.05, 4.69) is 65.3 Å². The number of unbranched alkanes of at least 4 members (excludes halogenated alkanes) is 1. The van der Waals surface area contributed by atoms with Gasteiger partial charge in [-0.2, -0.15) is 0 Å². The second kappa shape index (κ2) is 7.96. The summed E-state index contributed by atoms with van der Waals surface area (Å²) in [6, 6.07) is 17.9. The number of benzene rings is 2. The number of rotatable bonds is 5. The maximum absolute atomic E-state index is 5.05. The van der Waals surface area contributed by atoms with Crippen LogP contribution in [0.15, 0.2) is 54.7 Å². The van der Waals surface area contributed by atoms with Crippen molar-refractivity contribution < 1.29 is 0 Å². The maximum atomic E-state index is 5.05. The summed E-state index contributed by atoms with van der Waals surface area (Å²) in [6.07, 6.45) is 7.71. The molecule has 4 aromatic rings. The minimum Gasteiger partial charge on any atom is -0.317 e. The van der Waals surface area contributed by atoms with Crippen LogP contribution in [0.1, 0.15) is 44.5 Å². The predicted octanol–water partition coefficient (Wildman–Crippen LogP) is 5.52. The molecule has 2 aromatic heterocycles. The van der Waals surface area contributed by atoms with Crippen molar-refractivity contribution in [2.75, 3.05) is 13.1 Å². The van der Waals surface area contributed by atoms with Gasteiger partial charge in [-0.1, -0.05) is 49.7 Å². The first-order valence-corrected chi connectivity index (χ1v) is 10.9. The highest BCUT2D eigenvalue weighted by molar-refractivity contribution is 5.88. The van der Waals surface area contributed by atoms with Gasteiger partial charge in [0.05, 0.1) is 0 Å². The van der Waals surface area contributed by atoms with E-state index in [1.165, 1.54) is 35.0 Å². The van der Waals surface area contributed by atoms with Crippen LogP contribution in [0.3, 0.4) is 0 Å². The first-order valence-electron chi connectivity index (χ1n) is 10.9. The molecule has 5 rings (SSSR count). The molecule has 3 heterocycles. The van der Waals surface area contributed by atoms with Crippen molar-refractivity contribution in [3.8, 4) is 11.1 Å². The van der Waals surface area contributed by atoms with Gasteiger partial charge in [0.25, 0.3) is 0 Å². The average molecular weight is 385 g/mol. The molecule has 0 unspecified atom stereocenters. The molecule has 0 radical (unpaired) electrons. The number of pyridine rings is 1. The van der Waals surface area contributed by atoms with Crippen molar-refractivity contribution in [1.82, 2.24) is 19.9 Å². The molecule has 0 bridgehead atoms. The smallest absolute Gasteiger partial charge is 0.160 e. The molecule has 1 aliphatic rings. The molecule has 0 spiro atoms. The molecular formula is C25H28N4. The molecular weight excluding hydrogens is 356 g/mol. The fraction of sp³-hybridized carbons (Fsp3) is 0.360. The monoisotopic (exact) mass is 384 g/mol. The van der Waals surface area contributed by atoms with Crippen molar-refractivity contribution in [1.29, 1.82) is 0 Å². The molecule has 0 atom stereocenters. The highest BCUT2D eigenvalue weighted by Gasteiger charge is 2.22. The summed E-state index contributed by atoms with van der Waals surface area (Å²) >= 11 is 0. The van der Waals surface area contributed by atoms with Crippen LogP contribution >= 0.6 is 0 Å². The standard InChI is InChI=1S/C25H28N4/c1-2-3-8-24-28-23-16-21(20-10-9-18-6-4-5-7-19(18)15-20)17-27-25(23)29(24)22-11-13-26-14-12-22/h4-7,9-10,15-17,22,26H,2-3,8,11-14H2,1H3. The molecule has 1 saturated heterocycles. The Bertz CT molecular complexity index is 1140. The van der Waals surface area contributed by atoms with E-state index in [1.807, 2.05) is 6.20 Å². The highest BCUT2D eigenvalue weighted by Crippen LogP contribution is 2.30. The van der Waals surface area contributed by atoms with Crippen molar-refractivity contribution in [2.24, 2.45) is 0 Å². The lowest BCUT2D eigenvalue weighted by molar-refractivity contribution is 0.365. The number of nitrogens with zero attached hydrogens (tertiary/aromatic N) is 3. The number of hydrogen-bond acceptors (Lipinski definition) is 3. The molecule has 148 valence electrons. The number of aryl methyl sites for hydroxylation is 1. The molecule has 29 heavy (non-hydrogen) atoms. The zero-order valence-electron chi connectivity index (χ0n) is 17.1. The zero-order valence-corrected chi connectivity index (χ0v) is 17.1. The normalized spacial score (nSPS) is 15.3. The van der Waals surface area contributed by atoms with E-state index in [0.29, 0.717) is 6.04 Å². The summed E-state index contributed by atoms with van der Waals surface area (Å²) in [5.41, 5.74) is 4.41. The summed E-state index contributed by atoms with van der Waals surface area (Å²) in [7, 11) is 0. The van der Waals surface area contributed by atoms with E-state index in [1.54, 1.807) is 0 Å². The minimum atomic E-state index is 0.507. The van der Waals surface area contributed by atoms with Gasteiger partial charge in [-0.3, -0.25) is 0 Å². The van der Waals surface area contributed by atoms with Gasteiger partial charge < -0.3 is 9.88 Å². The third-order valence-corrected chi connectivity index (χ3v) is 6.11. The molecule has 1 N–H and O–H groups in total. The molecule has 4 heteroatoms. The SMILES string of the molecule is CCCCc1nc2cc(-c3ccc4ccccc4c3)cnc2n1C1CCNCC1.